The van der Waals surface area contributed by atoms with Crippen molar-refractivity contribution in [2.75, 3.05) is 26.3 Å². The molecule has 0 saturated heterocycles. The lowest BCUT2D eigenvalue weighted by Crippen LogP contribution is -2.35. The number of aliphatic hydroxyl groups is 1. The summed E-state index contributed by atoms with van der Waals surface area (Å²) in [4.78, 5) is 2.26. The second-order valence-corrected chi connectivity index (χ2v) is 8.35. The zero-order valence-electron chi connectivity index (χ0n) is 20.1. The molecule has 33 heavy (non-hydrogen) atoms. The monoisotopic (exact) mass is 451 g/mol. The van der Waals surface area contributed by atoms with Gasteiger partial charge in [-0.25, -0.2) is 4.68 Å². The lowest BCUT2D eigenvalue weighted by atomic mass is 10.2. The molecule has 1 unspecified atom stereocenters. The van der Waals surface area contributed by atoms with Gasteiger partial charge in [-0.05, 0) is 50.6 Å². The van der Waals surface area contributed by atoms with Crippen molar-refractivity contribution in [2.45, 2.75) is 52.7 Å². The highest BCUT2D eigenvalue weighted by molar-refractivity contribution is 5.43. The van der Waals surface area contributed by atoms with Crippen LogP contribution in [0.15, 0.2) is 60.7 Å². The van der Waals surface area contributed by atoms with Crippen LogP contribution in [0.3, 0.4) is 0 Å². The number of para-hydroxylation sites is 2. The molecule has 1 heterocycles. The summed E-state index contributed by atoms with van der Waals surface area (Å²) in [5, 5.41) is 15.4. The zero-order chi connectivity index (χ0) is 23.5. The van der Waals surface area contributed by atoms with E-state index in [4.69, 9.17) is 14.6 Å². The molecule has 178 valence electrons. The van der Waals surface area contributed by atoms with Gasteiger partial charge in [-0.2, -0.15) is 5.10 Å². The van der Waals surface area contributed by atoms with Crippen molar-refractivity contribution in [1.29, 1.82) is 0 Å². The van der Waals surface area contributed by atoms with Crippen molar-refractivity contribution in [2.24, 2.45) is 0 Å². The van der Waals surface area contributed by atoms with Crippen LogP contribution in [0.4, 0.5) is 0 Å². The van der Waals surface area contributed by atoms with Gasteiger partial charge in [-0.15, -0.1) is 0 Å². The lowest BCUT2D eigenvalue weighted by Gasteiger charge is -2.25. The summed E-state index contributed by atoms with van der Waals surface area (Å²) in [5.74, 6) is 1.47. The maximum Gasteiger partial charge on any atom is 0.227 e. The van der Waals surface area contributed by atoms with Crippen molar-refractivity contribution in [3.05, 3.63) is 71.9 Å². The van der Waals surface area contributed by atoms with Gasteiger partial charge in [0.05, 0.1) is 29.7 Å². The third-order valence-corrected chi connectivity index (χ3v) is 5.44. The topological polar surface area (TPSA) is 59.8 Å². The summed E-state index contributed by atoms with van der Waals surface area (Å²) in [5.41, 5.74) is 2.89. The molecule has 0 saturated carbocycles. The number of unbranched alkanes of at least 4 members (excludes halogenated alkanes) is 1. The van der Waals surface area contributed by atoms with Crippen LogP contribution in [-0.2, 0) is 11.3 Å². The van der Waals surface area contributed by atoms with E-state index in [-0.39, 0.29) is 0 Å². The molecule has 0 spiro atoms. The summed E-state index contributed by atoms with van der Waals surface area (Å²) >= 11 is 0. The minimum absolute atomic E-state index is 0.357. The van der Waals surface area contributed by atoms with Crippen molar-refractivity contribution in [1.82, 2.24) is 14.7 Å². The maximum atomic E-state index is 10.6. The van der Waals surface area contributed by atoms with E-state index >= 15 is 0 Å². The fraction of sp³-hybridized carbons (Fsp3) is 0.444. The number of rotatable bonds is 14. The van der Waals surface area contributed by atoms with E-state index in [0.717, 1.165) is 48.5 Å². The molecule has 0 bridgehead atoms. The number of aliphatic hydroxyl groups excluding tert-OH is 1. The van der Waals surface area contributed by atoms with E-state index in [1.165, 1.54) is 0 Å². The van der Waals surface area contributed by atoms with Gasteiger partial charge >= 0.3 is 0 Å². The molecule has 0 aliphatic rings. The molecule has 0 aliphatic carbocycles. The number of hydrogen-bond acceptors (Lipinski definition) is 5. The normalized spacial score (nSPS) is 12.3. The van der Waals surface area contributed by atoms with E-state index in [9.17, 15) is 5.11 Å². The molecule has 3 aromatic rings. The summed E-state index contributed by atoms with van der Waals surface area (Å²) in [7, 11) is 0. The Hall–Kier alpha value is -2.67. The third kappa shape index (κ3) is 7.42. The van der Waals surface area contributed by atoms with Crippen molar-refractivity contribution >= 4 is 0 Å². The van der Waals surface area contributed by atoms with Crippen LogP contribution in [0, 0.1) is 6.92 Å². The molecule has 0 aliphatic heterocycles. The number of nitrogens with zero attached hydrogens (tertiary/aromatic N) is 3. The fourth-order valence-corrected chi connectivity index (χ4v) is 3.76. The van der Waals surface area contributed by atoms with Gasteiger partial charge < -0.3 is 14.6 Å². The summed E-state index contributed by atoms with van der Waals surface area (Å²) in [6, 6.07) is 19.8. The molecule has 1 N–H and O–H groups in total. The van der Waals surface area contributed by atoms with Crippen LogP contribution in [0.1, 0.15) is 44.4 Å². The van der Waals surface area contributed by atoms with Crippen LogP contribution in [0.25, 0.3) is 5.69 Å². The number of hydrogen-bond donors (Lipinski definition) is 1. The van der Waals surface area contributed by atoms with Gasteiger partial charge in [-0.3, -0.25) is 4.90 Å². The highest BCUT2D eigenvalue weighted by atomic mass is 16.5. The molecule has 2 aromatic carbocycles. The summed E-state index contributed by atoms with van der Waals surface area (Å²) in [6.45, 7) is 9.40. The largest absolute Gasteiger partial charge is 0.439 e. The molecular weight excluding hydrogens is 414 g/mol. The molecule has 3 rings (SSSR count). The number of aromatic nitrogens is 2. The molecular formula is C27H37N3O3. The predicted octanol–water partition coefficient (Wildman–Crippen LogP) is 5.36. The minimum Gasteiger partial charge on any atom is -0.439 e. The number of ether oxygens (including phenoxy) is 2. The van der Waals surface area contributed by atoms with Gasteiger partial charge in [0.1, 0.15) is 5.75 Å². The Morgan fingerprint density at radius 2 is 1.70 bits per heavy atom. The number of aryl methyl sites for hydroxylation is 1. The third-order valence-electron chi connectivity index (χ3n) is 5.44. The van der Waals surface area contributed by atoms with Crippen molar-refractivity contribution < 1.29 is 14.6 Å². The second-order valence-electron chi connectivity index (χ2n) is 8.35. The smallest absolute Gasteiger partial charge is 0.227 e. The molecule has 0 radical (unpaired) electrons. The van der Waals surface area contributed by atoms with Crippen LogP contribution in [0.2, 0.25) is 0 Å². The van der Waals surface area contributed by atoms with Crippen LogP contribution >= 0.6 is 0 Å². The Balaban J connectivity index is 1.84. The standard InChI is InChI=1S/C27H37N3O3/c1-4-6-18-32-21-24(31)19-29(17-5-2)20-26-22(3)28-30(23-13-9-7-10-14-23)27(26)33-25-15-11-8-12-16-25/h7-16,24,31H,4-6,17-21H2,1-3H3. The Bertz CT molecular complexity index is 944. The zero-order valence-corrected chi connectivity index (χ0v) is 20.1. The lowest BCUT2D eigenvalue weighted by molar-refractivity contribution is 0.0143. The van der Waals surface area contributed by atoms with E-state index in [0.29, 0.717) is 32.2 Å². The van der Waals surface area contributed by atoms with E-state index in [1.54, 1.807) is 0 Å². The molecule has 6 heteroatoms. The minimum atomic E-state index is -0.531. The maximum absolute atomic E-state index is 10.6. The highest BCUT2D eigenvalue weighted by Crippen LogP contribution is 2.31. The highest BCUT2D eigenvalue weighted by Gasteiger charge is 2.22. The van der Waals surface area contributed by atoms with Crippen LogP contribution in [0.5, 0.6) is 11.6 Å². The Morgan fingerprint density at radius 1 is 1.00 bits per heavy atom. The average molecular weight is 452 g/mol. The molecule has 6 nitrogen and oxygen atoms in total. The molecule has 0 amide bonds. The van der Waals surface area contributed by atoms with Crippen LogP contribution < -0.4 is 4.74 Å². The first-order valence-corrected chi connectivity index (χ1v) is 12.0. The average Bonchev–Trinajstić information content (AvgIpc) is 3.13. The Morgan fingerprint density at radius 3 is 2.36 bits per heavy atom. The van der Waals surface area contributed by atoms with Crippen molar-refractivity contribution in [3.8, 4) is 17.3 Å². The first-order chi connectivity index (χ1) is 16.1. The van der Waals surface area contributed by atoms with Crippen LogP contribution in [-0.4, -0.2) is 52.2 Å². The first-order valence-electron chi connectivity index (χ1n) is 12.0. The SMILES string of the molecule is CCCCOCC(O)CN(CCC)Cc1c(C)nn(-c2ccccc2)c1Oc1ccccc1. The van der Waals surface area contributed by atoms with Gasteiger partial charge in [-0.1, -0.05) is 56.7 Å². The quantitative estimate of drug-likeness (QED) is 0.334. The molecule has 1 aromatic heterocycles. The van der Waals surface area contributed by atoms with Crippen molar-refractivity contribution in [3.63, 3.8) is 0 Å². The fourth-order valence-electron chi connectivity index (χ4n) is 3.76. The first kappa shape index (κ1) is 25.0. The molecule has 1 atom stereocenters. The van der Waals surface area contributed by atoms with Gasteiger partial charge in [0.2, 0.25) is 5.88 Å². The Labute approximate surface area is 197 Å². The van der Waals surface area contributed by atoms with E-state index < -0.39 is 6.10 Å². The second kappa shape index (κ2) is 13.1. The molecule has 0 fully saturated rings. The van der Waals surface area contributed by atoms with Gasteiger partial charge in [0, 0.05) is 19.7 Å². The summed E-state index contributed by atoms with van der Waals surface area (Å²) in [6.07, 6.45) is 2.57. The Kier molecular flexibility index (Phi) is 9.94. The van der Waals surface area contributed by atoms with Gasteiger partial charge in [0.25, 0.3) is 0 Å². The number of benzene rings is 2. The van der Waals surface area contributed by atoms with Gasteiger partial charge in [0.15, 0.2) is 0 Å². The predicted molar refractivity (Wildman–Crippen MR) is 132 cm³/mol. The van der Waals surface area contributed by atoms with E-state index in [1.807, 2.05) is 72.3 Å². The summed E-state index contributed by atoms with van der Waals surface area (Å²) < 4.78 is 13.9. The van der Waals surface area contributed by atoms with E-state index in [2.05, 4.69) is 18.7 Å².